The number of aryl methyl sites for hydroxylation is 1. The number of anilines is 1. The van der Waals surface area contributed by atoms with E-state index in [9.17, 15) is 0 Å². The first kappa shape index (κ1) is 12.9. The molecule has 0 bridgehead atoms. The van der Waals surface area contributed by atoms with Crippen molar-refractivity contribution in [3.8, 4) is 0 Å². The van der Waals surface area contributed by atoms with Gasteiger partial charge in [0, 0.05) is 30.9 Å². The van der Waals surface area contributed by atoms with Gasteiger partial charge in [-0.2, -0.15) is 0 Å². The van der Waals surface area contributed by atoms with Gasteiger partial charge in [0.2, 0.25) is 0 Å². The summed E-state index contributed by atoms with van der Waals surface area (Å²) in [6.07, 6.45) is 2.43. The van der Waals surface area contributed by atoms with Crippen LogP contribution in [0.5, 0.6) is 0 Å². The minimum absolute atomic E-state index is 0.132. The van der Waals surface area contributed by atoms with Crippen molar-refractivity contribution in [1.82, 2.24) is 0 Å². The Labute approximate surface area is 108 Å². The van der Waals surface area contributed by atoms with Crippen LogP contribution in [0.25, 0.3) is 0 Å². The van der Waals surface area contributed by atoms with Crippen molar-refractivity contribution in [2.24, 2.45) is 5.73 Å². The Bertz CT molecular complexity index is 441. The van der Waals surface area contributed by atoms with Crippen molar-refractivity contribution in [2.45, 2.75) is 25.8 Å². The first-order valence-electron chi connectivity index (χ1n) is 6.34. The Kier molecular flexibility index (Phi) is 3.87. The van der Waals surface area contributed by atoms with Crippen molar-refractivity contribution in [3.63, 3.8) is 0 Å². The molecule has 0 unspecified atom stereocenters. The molecule has 0 aliphatic heterocycles. The van der Waals surface area contributed by atoms with Crippen LogP contribution in [-0.4, -0.2) is 32.1 Å². The molecule has 4 heteroatoms. The molecule has 1 fully saturated rings. The number of nitrogens with one attached hydrogen (secondary N) is 1. The topological polar surface area (TPSA) is 62.3 Å². The Hall–Kier alpha value is -1.55. The summed E-state index contributed by atoms with van der Waals surface area (Å²) in [4.78, 5) is 2.33. The van der Waals surface area contributed by atoms with Gasteiger partial charge in [-0.1, -0.05) is 6.07 Å². The first-order valence-corrected chi connectivity index (χ1v) is 6.34. The quantitative estimate of drug-likeness (QED) is 0.596. The first-order chi connectivity index (χ1) is 8.63. The summed E-state index contributed by atoms with van der Waals surface area (Å²) in [7, 11) is 1.72. The molecule has 0 radical (unpaired) electrons. The lowest BCUT2D eigenvalue weighted by Gasteiger charge is -2.27. The number of hydrogen-bond donors (Lipinski definition) is 2. The van der Waals surface area contributed by atoms with E-state index in [-0.39, 0.29) is 5.84 Å². The van der Waals surface area contributed by atoms with Crippen LogP contribution in [-0.2, 0) is 4.74 Å². The number of benzene rings is 1. The van der Waals surface area contributed by atoms with Gasteiger partial charge in [-0.25, -0.2) is 0 Å². The second kappa shape index (κ2) is 5.40. The van der Waals surface area contributed by atoms with E-state index in [1.165, 1.54) is 18.4 Å². The third-order valence-corrected chi connectivity index (χ3v) is 3.28. The lowest BCUT2D eigenvalue weighted by Crippen LogP contribution is -2.31. The van der Waals surface area contributed by atoms with E-state index < -0.39 is 0 Å². The zero-order valence-electron chi connectivity index (χ0n) is 11.1. The average Bonchev–Trinajstić information content (AvgIpc) is 3.13. The van der Waals surface area contributed by atoms with Gasteiger partial charge in [0.15, 0.2) is 0 Å². The van der Waals surface area contributed by atoms with Crippen LogP contribution in [0.1, 0.15) is 24.0 Å². The maximum atomic E-state index is 7.70. The van der Waals surface area contributed by atoms with Crippen molar-refractivity contribution < 1.29 is 4.74 Å². The van der Waals surface area contributed by atoms with Gasteiger partial charge in [0.1, 0.15) is 5.84 Å². The number of amidine groups is 1. The van der Waals surface area contributed by atoms with Gasteiger partial charge in [-0.15, -0.1) is 0 Å². The SMILES string of the molecule is COCCN(c1cc(C)ccc1C(=N)N)C1CC1. The van der Waals surface area contributed by atoms with Crippen LogP contribution in [0.15, 0.2) is 18.2 Å². The molecule has 1 saturated carbocycles. The van der Waals surface area contributed by atoms with E-state index in [1.807, 2.05) is 12.1 Å². The van der Waals surface area contributed by atoms with E-state index in [0.717, 1.165) is 17.8 Å². The number of methoxy groups -OCH3 is 1. The Morgan fingerprint density at radius 1 is 1.50 bits per heavy atom. The molecule has 0 spiro atoms. The minimum atomic E-state index is 0.132. The zero-order valence-corrected chi connectivity index (χ0v) is 11.1. The van der Waals surface area contributed by atoms with Crippen molar-refractivity contribution in [1.29, 1.82) is 5.41 Å². The highest BCUT2D eigenvalue weighted by Crippen LogP contribution is 2.33. The van der Waals surface area contributed by atoms with Crippen molar-refractivity contribution >= 4 is 11.5 Å². The Morgan fingerprint density at radius 2 is 2.22 bits per heavy atom. The predicted molar refractivity (Wildman–Crippen MR) is 74.4 cm³/mol. The molecular weight excluding hydrogens is 226 g/mol. The molecule has 98 valence electrons. The molecule has 1 aliphatic carbocycles. The molecular formula is C14H21N3O. The highest BCUT2D eigenvalue weighted by Gasteiger charge is 2.30. The van der Waals surface area contributed by atoms with Crippen LogP contribution in [0.2, 0.25) is 0 Å². The van der Waals surface area contributed by atoms with Crippen LogP contribution < -0.4 is 10.6 Å². The molecule has 0 aromatic heterocycles. The van der Waals surface area contributed by atoms with Crippen LogP contribution in [0.4, 0.5) is 5.69 Å². The fraction of sp³-hybridized carbons (Fsp3) is 0.500. The number of ether oxygens (including phenoxy) is 1. The molecule has 0 heterocycles. The van der Waals surface area contributed by atoms with Crippen molar-refractivity contribution in [3.05, 3.63) is 29.3 Å². The molecule has 1 aromatic carbocycles. The maximum Gasteiger partial charge on any atom is 0.124 e. The van der Waals surface area contributed by atoms with Crippen LogP contribution >= 0.6 is 0 Å². The largest absolute Gasteiger partial charge is 0.384 e. The summed E-state index contributed by atoms with van der Waals surface area (Å²) in [6, 6.07) is 6.64. The molecule has 1 aliphatic rings. The number of nitrogens with two attached hydrogens (primary N) is 1. The average molecular weight is 247 g/mol. The van der Waals surface area contributed by atoms with E-state index in [1.54, 1.807) is 7.11 Å². The molecule has 0 atom stereocenters. The summed E-state index contributed by atoms with van der Waals surface area (Å²) in [5.74, 6) is 0.132. The third kappa shape index (κ3) is 2.82. The Balaban J connectivity index is 2.32. The monoisotopic (exact) mass is 247 g/mol. The molecule has 3 N–H and O–H groups in total. The van der Waals surface area contributed by atoms with Crippen LogP contribution in [0, 0.1) is 12.3 Å². The fourth-order valence-electron chi connectivity index (χ4n) is 2.18. The number of hydrogen-bond acceptors (Lipinski definition) is 3. The highest BCUT2D eigenvalue weighted by molar-refractivity contribution is 6.00. The number of nitrogen functional groups attached to an aromatic ring is 1. The van der Waals surface area contributed by atoms with Gasteiger partial charge in [-0.3, -0.25) is 5.41 Å². The molecule has 2 rings (SSSR count). The third-order valence-electron chi connectivity index (χ3n) is 3.28. The Morgan fingerprint density at radius 3 is 2.78 bits per heavy atom. The van der Waals surface area contributed by atoms with Crippen LogP contribution in [0.3, 0.4) is 0 Å². The summed E-state index contributed by atoms with van der Waals surface area (Å²) >= 11 is 0. The summed E-state index contributed by atoms with van der Waals surface area (Å²) in [5, 5.41) is 7.70. The predicted octanol–water partition coefficient (Wildman–Crippen LogP) is 1.89. The lowest BCUT2D eigenvalue weighted by molar-refractivity contribution is 0.205. The second-order valence-electron chi connectivity index (χ2n) is 4.85. The fourth-order valence-corrected chi connectivity index (χ4v) is 2.18. The normalized spacial score (nSPS) is 14.6. The molecule has 0 saturated heterocycles. The number of nitrogens with zero attached hydrogens (tertiary/aromatic N) is 1. The zero-order chi connectivity index (χ0) is 13.1. The molecule has 4 nitrogen and oxygen atoms in total. The van der Waals surface area contributed by atoms with Gasteiger partial charge in [-0.05, 0) is 37.5 Å². The van der Waals surface area contributed by atoms with E-state index in [0.29, 0.717) is 12.6 Å². The molecule has 0 amide bonds. The van der Waals surface area contributed by atoms with Gasteiger partial charge in [0.05, 0.1) is 6.61 Å². The van der Waals surface area contributed by atoms with Crippen molar-refractivity contribution in [2.75, 3.05) is 25.2 Å². The highest BCUT2D eigenvalue weighted by atomic mass is 16.5. The van der Waals surface area contributed by atoms with Gasteiger partial charge in [0.25, 0.3) is 0 Å². The van der Waals surface area contributed by atoms with E-state index in [2.05, 4.69) is 17.9 Å². The maximum absolute atomic E-state index is 7.70. The smallest absolute Gasteiger partial charge is 0.124 e. The van der Waals surface area contributed by atoms with E-state index >= 15 is 0 Å². The molecule has 18 heavy (non-hydrogen) atoms. The van der Waals surface area contributed by atoms with Gasteiger partial charge >= 0.3 is 0 Å². The van der Waals surface area contributed by atoms with E-state index in [4.69, 9.17) is 15.9 Å². The summed E-state index contributed by atoms with van der Waals surface area (Å²) in [6.45, 7) is 3.61. The summed E-state index contributed by atoms with van der Waals surface area (Å²) in [5.41, 5.74) is 8.76. The standard InChI is InChI=1S/C14H21N3O/c1-10-3-6-12(14(15)16)13(9-10)17(7-8-18-2)11-4-5-11/h3,6,9,11H,4-5,7-8H2,1-2H3,(H3,15,16). The van der Waals surface area contributed by atoms with Gasteiger partial charge < -0.3 is 15.4 Å². The molecule has 1 aromatic rings. The second-order valence-corrected chi connectivity index (χ2v) is 4.85. The lowest BCUT2D eigenvalue weighted by atomic mass is 10.1. The minimum Gasteiger partial charge on any atom is -0.384 e. The summed E-state index contributed by atoms with van der Waals surface area (Å²) < 4.78 is 5.18. The number of rotatable bonds is 6.